The minimum Gasteiger partial charge on any atom is -0.322 e. The van der Waals surface area contributed by atoms with Crippen LogP contribution in [0.25, 0.3) is 0 Å². The molecule has 1 fully saturated rings. The van der Waals surface area contributed by atoms with Crippen LogP contribution in [0.15, 0.2) is 48.5 Å². The number of halogens is 2. The van der Waals surface area contributed by atoms with Crippen molar-refractivity contribution in [3.63, 3.8) is 0 Å². The van der Waals surface area contributed by atoms with Crippen molar-refractivity contribution in [2.45, 2.75) is 6.42 Å². The van der Waals surface area contributed by atoms with Crippen LogP contribution in [0.4, 0.5) is 14.9 Å². The summed E-state index contributed by atoms with van der Waals surface area (Å²) in [6.07, 6.45) is 0.679. The van der Waals surface area contributed by atoms with Gasteiger partial charge in [0.05, 0.1) is 10.7 Å². The maximum absolute atomic E-state index is 13.7. The summed E-state index contributed by atoms with van der Waals surface area (Å²) < 4.78 is 13.7. The lowest BCUT2D eigenvalue weighted by Crippen LogP contribution is -2.50. The number of benzene rings is 2. The lowest BCUT2D eigenvalue weighted by Gasteiger charge is -2.34. The molecule has 0 aliphatic carbocycles. The molecule has 1 heterocycles. The van der Waals surface area contributed by atoms with E-state index in [1.807, 2.05) is 24.3 Å². The molecule has 2 aromatic carbocycles. The summed E-state index contributed by atoms with van der Waals surface area (Å²) in [5, 5.41) is 3.37. The lowest BCUT2D eigenvalue weighted by molar-refractivity contribution is 0.148. The van der Waals surface area contributed by atoms with Gasteiger partial charge < -0.3 is 10.2 Å². The van der Waals surface area contributed by atoms with Crippen LogP contribution in [0.1, 0.15) is 5.56 Å². The minimum absolute atomic E-state index is 0.137. The van der Waals surface area contributed by atoms with E-state index in [4.69, 9.17) is 11.6 Å². The molecule has 1 N–H and O–H groups in total. The molecular formula is C19H21ClFN3O. The SMILES string of the molecule is O=C(Nc1ccccc1Cl)N1CCN(CCc2ccccc2F)CC1. The maximum Gasteiger partial charge on any atom is 0.321 e. The number of para-hydroxylation sites is 1. The zero-order chi connectivity index (χ0) is 17.6. The van der Waals surface area contributed by atoms with Crippen LogP contribution in [0, 0.1) is 5.82 Å². The summed E-state index contributed by atoms with van der Waals surface area (Å²) in [5.74, 6) is -0.153. The van der Waals surface area contributed by atoms with Crippen LogP contribution in [0.3, 0.4) is 0 Å². The van der Waals surface area contributed by atoms with Gasteiger partial charge in [0.25, 0.3) is 0 Å². The third-order valence-corrected chi connectivity index (χ3v) is 4.76. The number of hydrogen-bond donors (Lipinski definition) is 1. The number of nitrogens with one attached hydrogen (secondary N) is 1. The Kier molecular flexibility index (Phi) is 5.89. The van der Waals surface area contributed by atoms with Gasteiger partial charge in [-0.15, -0.1) is 0 Å². The molecule has 25 heavy (non-hydrogen) atoms. The molecule has 0 aromatic heterocycles. The van der Waals surface area contributed by atoms with Gasteiger partial charge in [-0.25, -0.2) is 9.18 Å². The molecule has 4 nitrogen and oxygen atoms in total. The summed E-state index contributed by atoms with van der Waals surface area (Å²) in [6.45, 7) is 3.65. The van der Waals surface area contributed by atoms with Gasteiger partial charge in [-0.3, -0.25) is 4.90 Å². The first-order valence-corrected chi connectivity index (χ1v) is 8.77. The zero-order valence-corrected chi connectivity index (χ0v) is 14.7. The van der Waals surface area contributed by atoms with Gasteiger partial charge in [0, 0.05) is 32.7 Å². The van der Waals surface area contributed by atoms with Crippen molar-refractivity contribution >= 4 is 23.3 Å². The average Bonchev–Trinajstić information content (AvgIpc) is 2.63. The van der Waals surface area contributed by atoms with Crippen LogP contribution in [-0.2, 0) is 6.42 Å². The van der Waals surface area contributed by atoms with Crippen molar-refractivity contribution < 1.29 is 9.18 Å². The summed E-state index contributed by atoms with van der Waals surface area (Å²) in [5.41, 5.74) is 1.36. The second kappa shape index (κ2) is 8.32. The third kappa shape index (κ3) is 4.71. The number of piperazine rings is 1. The third-order valence-electron chi connectivity index (χ3n) is 4.43. The molecule has 3 rings (SSSR count). The molecule has 0 bridgehead atoms. The van der Waals surface area contributed by atoms with Crippen molar-refractivity contribution in [3.05, 3.63) is 64.9 Å². The van der Waals surface area contributed by atoms with Gasteiger partial charge in [-0.05, 0) is 30.2 Å². The number of carbonyl (C=O) groups is 1. The Morgan fingerprint density at radius 3 is 2.44 bits per heavy atom. The quantitative estimate of drug-likeness (QED) is 0.897. The van der Waals surface area contributed by atoms with E-state index < -0.39 is 0 Å². The largest absolute Gasteiger partial charge is 0.322 e. The van der Waals surface area contributed by atoms with Crippen LogP contribution >= 0.6 is 11.6 Å². The number of amides is 2. The molecular weight excluding hydrogens is 341 g/mol. The van der Waals surface area contributed by atoms with Crippen molar-refractivity contribution in [2.24, 2.45) is 0 Å². The van der Waals surface area contributed by atoms with Crippen molar-refractivity contribution in [2.75, 3.05) is 38.0 Å². The van der Waals surface area contributed by atoms with E-state index in [-0.39, 0.29) is 11.8 Å². The Hall–Kier alpha value is -2.11. The number of anilines is 1. The Labute approximate surface area is 152 Å². The standard InChI is InChI=1S/C19H21ClFN3O/c20-16-6-2-4-8-18(16)22-19(25)24-13-11-23(12-14-24)10-9-15-5-1-3-7-17(15)21/h1-8H,9-14H2,(H,22,25). The highest BCUT2D eigenvalue weighted by Gasteiger charge is 2.21. The number of carbonyl (C=O) groups excluding carboxylic acids is 1. The van der Waals surface area contributed by atoms with E-state index in [9.17, 15) is 9.18 Å². The zero-order valence-electron chi connectivity index (χ0n) is 13.9. The molecule has 1 aliphatic rings. The highest BCUT2D eigenvalue weighted by atomic mass is 35.5. The van der Waals surface area contributed by atoms with E-state index >= 15 is 0 Å². The fourth-order valence-electron chi connectivity index (χ4n) is 2.91. The van der Waals surface area contributed by atoms with Gasteiger partial charge in [0.15, 0.2) is 0 Å². The molecule has 1 aliphatic heterocycles. The first-order chi connectivity index (χ1) is 12.1. The summed E-state index contributed by atoms with van der Waals surface area (Å²) in [6, 6.07) is 13.9. The van der Waals surface area contributed by atoms with E-state index in [2.05, 4.69) is 10.2 Å². The van der Waals surface area contributed by atoms with Crippen molar-refractivity contribution in [1.82, 2.24) is 9.80 Å². The predicted octanol–water partition coefficient (Wildman–Crippen LogP) is 3.87. The Morgan fingerprint density at radius 1 is 1.04 bits per heavy atom. The number of urea groups is 1. The monoisotopic (exact) mass is 361 g/mol. The van der Waals surface area contributed by atoms with Crippen LogP contribution in [0.5, 0.6) is 0 Å². The second-order valence-corrected chi connectivity index (χ2v) is 6.49. The van der Waals surface area contributed by atoms with Crippen LogP contribution in [-0.4, -0.2) is 48.6 Å². The molecule has 0 saturated carbocycles. The van der Waals surface area contributed by atoms with Gasteiger partial charge in [-0.1, -0.05) is 41.9 Å². The average molecular weight is 362 g/mol. The molecule has 2 amide bonds. The summed E-state index contributed by atoms with van der Waals surface area (Å²) in [7, 11) is 0. The molecule has 132 valence electrons. The Bertz CT molecular complexity index is 732. The molecule has 0 radical (unpaired) electrons. The molecule has 0 spiro atoms. The second-order valence-electron chi connectivity index (χ2n) is 6.08. The van der Waals surface area contributed by atoms with Gasteiger partial charge in [-0.2, -0.15) is 0 Å². The van der Waals surface area contributed by atoms with Gasteiger partial charge in [0.1, 0.15) is 5.82 Å². The first-order valence-electron chi connectivity index (χ1n) is 8.40. The minimum atomic E-state index is -0.153. The molecule has 0 atom stereocenters. The fraction of sp³-hybridized carbons (Fsp3) is 0.316. The molecule has 6 heteroatoms. The van der Waals surface area contributed by atoms with Crippen LogP contribution < -0.4 is 5.32 Å². The van der Waals surface area contributed by atoms with Crippen LogP contribution in [0.2, 0.25) is 5.02 Å². The first kappa shape index (κ1) is 17.7. The summed E-state index contributed by atoms with van der Waals surface area (Å²) in [4.78, 5) is 16.4. The van der Waals surface area contributed by atoms with E-state index in [0.29, 0.717) is 30.2 Å². The van der Waals surface area contributed by atoms with E-state index in [1.165, 1.54) is 6.07 Å². The highest BCUT2D eigenvalue weighted by molar-refractivity contribution is 6.33. The van der Waals surface area contributed by atoms with Gasteiger partial charge >= 0.3 is 6.03 Å². The topological polar surface area (TPSA) is 35.6 Å². The maximum atomic E-state index is 13.7. The molecule has 0 unspecified atom stereocenters. The van der Waals surface area contributed by atoms with Crippen molar-refractivity contribution in [1.29, 1.82) is 0 Å². The summed E-state index contributed by atoms with van der Waals surface area (Å²) >= 11 is 6.07. The number of rotatable bonds is 4. The van der Waals surface area contributed by atoms with Crippen molar-refractivity contribution in [3.8, 4) is 0 Å². The Morgan fingerprint density at radius 2 is 1.72 bits per heavy atom. The lowest BCUT2D eigenvalue weighted by atomic mass is 10.1. The normalized spacial score (nSPS) is 15.2. The van der Waals surface area contributed by atoms with E-state index in [0.717, 1.165) is 25.2 Å². The number of hydrogen-bond acceptors (Lipinski definition) is 2. The molecule has 1 saturated heterocycles. The Balaban J connectivity index is 1.46. The van der Waals surface area contributed by atoms with Gasteiger partial charge in [0.2, 0.25) is 0 Å². The smallest absolute Gasteiger partial charge is 0.321 e. The van der Waals surface area contributed by atoms with E-state index in [1.54, 1.807) is 23.1 Å². The highest BCUT2D eigenvalue weighted by Crippen LogP contribution is 2.21. The number of nitrogens with zero attached hydrogens (tertiary/aromatic N) is 2. The fourth-order valence-corrected chi connectivity index (χ4v) is 3.09. The molecule has 2 aromatic rings. The predicted molar refractivity (Wildman–Crippen MR) is 98.6 cm³/mol.